The van der Waals surface area contributed by atoms with Crippen LogP contribution in [0.1, 0.15) is 32.1 Å². The second kappa shape index (κ2) is 2.35. The number of nitrogens with zero attached hydrogens (tertiary/aromatic N) is 2. The molecule has 0 spiro atoms. The van der Waals surface area contributed by atoms with Crippen LogP contribution in [-0.2, 0) is 0 Å². The van der Waals surface area contributed by atoms with Crippen molar-refractivity contribution in [3.8, 4) is 0 Å². The third-order valence-corrected chi connectivity index (χ3v) is 2.03. The molecule has 1 N–H and O–H groups in total. The SMILES string of the molecule is Cc1[nH]c(C)c2c1C(=O)N=NC2=O. The molecule has 0 radical (unpaired) electrons. The summed E-state index contributed by atoms with van der Waals surface area (Å²) in [5.41, 5.74) is 2.06. The Labute approximate surface area is 73.9 Å². The molecule has 1 aliphatic rings. The molecule has 0 bridgehead atoms. The van der Waals surface area contributed by atoms with E-state index in [1.807, 2.05) is 0 Å². The quantitative estimate of drug-likeness (QED) is 0.649. The maximum Gasteiger partial charge on any atom is 0.298 e. The van der Waals surface area contributed by atoms with E-state index in [2.05, 4.69) is 15.2 Å². The summed E-state index contributed by atoms with van der Waals surface area (Å²) in [6.07, 6.45) is 0. The van der Waals surface area contributed by atoms with Gasteiger partial charge in [-0.25, -0.2) is 0 Å². The first-order valence-corrected chi connectivity index (χ1v) is 3.81. The summed E-state index contributed by atoms with van der Waals surface area (Å²) in [5, 5.41) is 6.49. The van der Waals surface area contributed by atoms with Gasteiger partial charge in [0.2, 0.25) is 0 Å². The molecule has 0 aliphatic carbocycles. The molecular formula is C8H7N3O2. The Morgan fingerprint density at radius 3 is 1.69 bits per heavy atom. The summed E-state index contributed by atoms with van der Waals surface area (Å²) in [6.45, 7) is 3.47. The minimum Gasteiger partial charge on any atom is -0.361 e. The summed E-state index contributed by atoms with van der Waals surface area (Å²) in [4.78, 5) is 25.4. The molecule has 13 heavy (non-hydrogen) atoms. The lowest BCUT2D eigenvalue weighted by Crippen LogP contribution is -2.10. The van der Waals surface area contributed by atoms with Gasteiger partial charge in [0.15, 0.2) is 0 Å². The van der Waals surface area contributed by atoms with Crippen molar-refractivity contribution in [1.82, 2.24) is 4.98 Å². The normalized spacial score (nSPS) is 14.9. The number of carbonyl (C=O) groups is 2. The summed E-state index contributed by atoms with van der Waals surface area (Å²) in [7, 11) is 0. The highest BCUT2D eigenvalue weighted by atomic mass is 16.2. The molecule has 0 aromatic carbocycles. The van der Waals surface area contributed by atoms with E-state index in [4.69, 9.17) is 0 Å². The average Bonchev–Trinajstić information content (AvgIpc) is 2.36. The van der Waals surface area contributed by atoms with Crippen molar-refractivity contribution in [3.05, 3.63) is 22.5 Å². The molecule has 2 rings (SSSR count). The minimum atomic E-state index is -0.448. The molecule has 2 heterocycles. The second-order valence-corrected chi connectivity index (χ2v) is 2.94. The van der Waals surface area contributed by atoms with Crippen molar-refractivity contribution in [3.63, 3.8) is 0 Å². The molecule has 66 valence electrons. The van der Waals surface area contributed by atoms with Gasteiger partial charge in [0.1, 0.15) is 0 Å². The van der Waals surface area contributed by atoms with E-state index >= 15 is 0 Å². The molecular weight excluding hydrogens is 170 g/mol. The Balaban J connectivity index is 2.78. The zero-order valence-electron chi connectivity index (χ0n) is 7.21. The predicted octanol–water partition coefficient (Wildman–Crippen LogP) is 1.38. The number of fused-ring (bicyclic) bond motifs is 1. The number of aromatic nitrogens is 1. The molecule has 0 saturated carbocycles. The Kier molecular flexibility index (Phi) is 1.42. The van der Waals surface area contributed by atoms with Crippen molar-refractivity contribution in [2.75, 3.05) is 0 Å². The van der Waals surface area contributed by atoms with Crippen molar-refractivity contribution in [2.45, 2.75) is 13.8 Å². The van der Waals surface area contributed by atoms with Crippen LogP contribution >= 0.6 is 0 Å². The zero-order valence-corrected chi connectivity index (χ0v) is 7.21. The predicted molar refractivity (Wildman–Crippen MR) is 43.8 cm³/mol. The van der Waals surface area contributed by atoms with Gasteiger partial charge >= 0.3 is 0 Å². The van der Waals surface area contributed by atoms with Crippen molar-refractivity contribution in [1.29, 1.82) is 0 Å². The van der Waals surface area contributed by atoms with Gasteiger partial charge in [0, 0.05) is 11.4 Å². The van der Waals surface area contributed by atoms with Gasteiger partial charge in [0.05, 0.1) is 11.1 Å². The molecule has 0 fully saturated rings. The van der Waals surface area contributed by atoms with Gasteiger partial charge < -0.3 is 4.98 Å². The number of aryl methyl sites for hydroxylation is 2. The molecule has 0 atom stereocenters. The second-order valence-electron chi connectivity index (χ2n) is 2.94. The Hall–Kier alpha value is -1.78. The Morgan fingerprint density at radius 2 is 1.31 bits per heavy atom. The lowest BCUT2D eigenvalue weighted by Gasteiger charge is -2.01. The van der Waals surface area contributed by atoms with Crippen LogP contribution in [0, 0.1) is 13.8 Å². The standard InChI is InChI=1S/C8H7N3O2/c1-3-5-6(4(2)9-3)8(13)11-10-7(5)12/h9H,1-2H3. The first-order valence-electron chi connectivity index (χ1n) is 3.81. The molecule has 5 heteroatoms. The van der Waals surface area contributed by atoms with Crippen LogP contribution in [0.4, 0.5) is 0 Å². The van der Waals surface area contributed by atoms with E-state index in [1.54, 1.807) is 13.8 Å². The van der Waals surface area contributed by atoms with Crippen molar-refractivity contribution in [2.24, 2.45) is 10.2 Å². The number of hydrogen-bond acceptors (Lipinski definition) is 2. The van der Waals surface area contributed by atoms with E-state index in [-0.39, 0.29) is 0 Å². The van der Waals surface area contributed by atoms with E-state index in [1.165, 1.54) is 0 Å². The summed E-state index contributed by atoms with van der Waals surface area (Å²) >= 11 is 0. The lowest BCUT2D eigenvalue weighted by molar-refractivity contribution is 0.0921. The molecule has 1 aromatic heterocycles. The first kappa shape index (κ1) is 7.85. The van der Waals surface area contributed by atoms with E-state index < -0.39 is 11.8 Å². The fourth-order valence-corrected chi connectivity index (χ4v) is 1.51. The van der Waals surface area contributed by atoms with Gasteiger partial charge in [-0.05, 0) is 13.8 Å². The molecule has 0 unspecified atom stereocenters. The van der Waals surface area contributed by atoms with Crippen LogP contribution in [0.25, 0.3) is 0 Å². The Morgan fingerprint density at radius 1 is 0.923 bits per heavy atom. The number of azo groups is 1. The number of nitrogens with one attached hydrogen (secondary N) is 1. The maximum atomic E-state index is 11.2. The van der Waals surface area contributed by atoms with Crippen LogP contribution in [-0.4, -0.2) is 16.8 Å². The third kappa shape index (κ3) is 0.932. The van der Waals surface area contributed by atoms with Gasteiger partial charge in [-0.15, -0.1) is 10.2 Å². The monoisotopic (exact) mass is 177 g/mol. The molecule has 2 amide bonds. The van der Waals surface area contributed by atoms with Crippen molar-refractivity contribution < 1.29 is 9.59 Å². The number of rotatable bonds is 0. The number of hydrogen-bond donors (Lipinski definition) is 1. The zero-order chi connectivity index (χ0) is 9.59. The number of H-pyrrole nitrogens is 1. The van der Waals surface area contributed by atoms with Crippen LogP contribution in [0.3, 0.4) is 0 Å². The fraction of sp³-hybridized carbons (Fsp3) is 0.250. The fourth-order valence-electron chi connectivity index (χ4n) is 1.51. The highest BCUT2D eigenvalue weighted by molar-refractivity contribution is 6.12. The topological polar surface area (TPSA) is 74.7 Å². The lowest BCUT2D eigenvalue weighted by atomic mass is 10.1. The number of aromatic amines is 1. The van der Waals surface area contributed by atoms with Crippen molar-refractivity contribution >= 4 is 11.8 Å². The summed E-state index contributed by atoms with van der Waals surface area (Å²) in [6, 6.07) is 0. The Bertz CT molecular complexity index is 404. The first-order chi connectivity index (χ1) is 6.11. The molecule has 1 aromatic rings. The minimum absolute atomic E-state index is 0.359. The molecule has 5 nitrogen and oxygen atoms in total. The van der Waals surface area contributed by atoms with Gasteiger partial charge in [0.25, 0.3) is 11.8 Å². The number of carbonyl (C=O) groups excluding carboxylic acids is 2. The van der Waals surface area contributed by atoms with Crippen LogP contribution in [0.2, 0.25) is 0 Å². The average molecular weight is 177 g/mol. The van der Waals surface area contributed by atoms with Crippen LogP contribution in [0.15, 0.2) is 10.2 Å². The highest BCUT2D eigenvalue weighted by Gasteiger charge is 2.27. The van der Waals surface area contributed by atoms with Gasteiger partial charge in [-0.3, -0.25) is 9.59 Å². The molecule has 0 saturated heterocycles. The van der Waals surface area contributed by atoms with Gasteiger partial charge in [-0.2, -0.15) is 0 Å². The highest BCUT2D eigenvalue weighted by Crippen LogP contribution is 2.23. The largest absolute Gasteiger partial charge is 0.361 e. The third-order valence-electron chi connectivity index (χ3n) is 2.03. The molecule has 1 aliphatic heterocycles. The smallest absolute Gasteiger partial charge is 0.298 e. The van der Waals surface area contributed by atoms with Gasteiger partial charge in [-0.1, -0.05) is 0 Å². The maximum absolute atomic E-state index is 11.2. The summed E-state index contributed by atoms with van der Waals surface area (Å²) in [5.74, 6) is -0.895. The summed E-state index contributed by atoms with van der Waals surface area (Å²) < 4.78 is 0. The van der Waals surface area contributed by atoms with E-state index in [0.29, 0.717) is 22.5 Å². The van der Waals surface area contributed by atoms with Crippen LogP contribution < -0.4 is 0 Å². The number of amides is 2. The van der Waals surface area contributed by atoms with Crippen LogP contribution in [0.5, 0.6) is 0 Å². The van der Waals surface area contributed by atoms with E-state index in [9.17, 15) is 9.59 Å². The van der Waals surface area contributed by atoms with E-state index in [0.717, 1.165) is 0 Å².